The van der Waals surface area contributed by atoms with Crippen molar-refractivity contribution in [3.8, 4) is 0 Å². The highest BCUT2D eigenvalue weighted by Gasteiger charge is 2.13. The molecule has 0 aliphatic rings. The van der Waals surface area contributed by atoms with Crippen LogP contribution in [-0.2, 0) is 6.54 Å². The third-order valence-corrected chi connectivity index (χ3v) is 3.77. The molecule has 3 N–H and O–H groups in total. The second kappa shape index (κ2) is 6.36. The van der Waals surface area contributed by atoms with Crippen LogP contribution in [-0.4, -0.2) is 17.1 Å². The lowest BCUT2D eigenvalue weighted by molar-refractivity contribution is 0.0697. The Morgan fingerprint density at radius 2 is 2.10 bits per heavy atom. The highest BCUT2D eigenvalue weighted by atomic mass is 32.1. The first kappa shape index (κ1) is 15.0. The molecule has 1 aromatic heterocycles. The molecular weight excluding hydrogens is 295 g/mol. The molecule has 0 atom stereocenters. The van der Waals surface area contributed by atoms with Gasteiger partial charge in [0.25, 0.3) is 0 Å². The van der Waals surface area contributed by atoms with E-state index in [9.17, 15) is 14.0 Å². The lowest BCUT2D eigenvalue weighted by Crippen LogP contribution is -2.29. The smallest absolute Gasteiger partial charge is 0.337 e. The molecule has 1 heterocycles. The molecule has 0 radical (unpaired) electrons. The number of amides is 2. The normalized spacial score (nSPS) is 10.2. The summed E-state index contributed by atoms with van der Waals surface area (Å²) in [5.74, 6) is -1.98. The number of carboxylic acids is 1. The molecule has 2 rings (SSSR count). The first-order valence-corrected chi connectivity index (χ1v) is 7.01. The maximum Gasteiger partial charge on any atom is 0.337 e. The fraction of sp³-hybridized carbons (Fsp3) is 0.143. The van der Waals surface area contributed by atoms with Crippen LogP contribution in [0.25, 0.3) is 0 Å². The van der Waals surface area contributed by atoms with Crippen molar-refractivity contribution < 1.29 is 19.1 Å². The number of benzene rings is 1. The molecule has 110 valence electrons. The van der Waals surface area contributed by atoms with Gasteiger partial charge in [-0.25, -0.2) is 14.0 Å². The number of rotatable bonds is 4. The standard InChI is InChI=1S/C14H13FN2O3S/c1-8-6-21-7-9(8)5-16-14(20)17-12-3-2-10(15)4-11(12)13(18)19/h2-4,6-7H,5H2,1H3,(H,18,19)(H2,16,17,20). The molecule has 0 saturated heterocycles. The summed E-state index contributed by atoms with van der Waals surface area (Å²) in [6.07, 6.45) is 0. The van der Waals surface area contributed by atoms with Gasteiger partial charge in [-0.15, -0.1) is 0 Å². The Labute approximate surface area is 124 Å². The minimum Gasteiger partial charge on any atom is -0.478 e. The number of aromatic carboxylic acids is 1. The number of nitrogens with one attached hydrogen (secondary N) is 2. The fourth-order valence-corrected chi connectivity index (χ4v) is 2.57. The van der Waals surface area contributed by atoms with Crippen molar-refractivity contribution in [1.29, 1.82) is 0 Å². The van der Waals surface area contributed by atoms with Gasteiger partial charge in [0.05, 0.1) is 11.3 Å². The van der Waals surface area contributed by atoms with Crippen LogP contribution < -0.4 is 10.6 Å². The maximum atomic E-state index is 13.0. The van der Waals surface area contributed by atoms with E-state index in [1.807, 2.05) is 17.7 Å². The number of hydrogen-bond donors (Lipinski definition) is 3. The van der Waals surface area contributed by atoms with Gasteiger partial charge in [-0.3, -0.25) is 0 Å². The number of hydrogen-bond acceptors (Lipinski definition) is 3. The molecule has 7 heteroatoms. The average Bonchev–Trinajstić information content (AvgIpc) is 2.84. The Morgan fingerprint density at radius 1 is 1.33 bits per heavy atom. The minimum atomic E-state index is -1.31. The molecule has 1 aromatic carbocycles. The van der Waals surface area contributed by atoms with Crippen molar-refractivity contribution in [1.82, 2.24) is 5.32 Å². The lowest BCUT2D eigenvalue weighted by Gasteiger charge is -2.10. The van der Waals surface area contributed by atoms with E-state index >= 15 is 0 Å². The Bertz CT molecular complexity index is 685. The van der Waals surface area contributed by atoms with Gasteiger partial charge in [0.1, 0.15) is 5.82 Å². The van der Waals surface area contributed by atoms with Gasteiger partial charge in [0, 0.05) is 6.54 Å². The van der Waals surface area contributed by atoms with E-state index in [0.717, 1.165) is 23.3 Å². The Kier molecular flexibility index (Phi) is 4.54. The molecular formula is C14H13FN2O3S. The zero-order valence-corrected chi connectivity index (χ0v) is 12.0. The number of aryl methyl sites for hydroxylation is 1. The summed E-state index contributed by atoms with van der Waals surface area (Å²) >= 11 is 1.54. The van der Waals surface area contributed by atoms with Crippen LogP contribution in [0.4, 0.5) is 14.9 Å². The zero-order valence-electron chi connectivity index (χ0n) is 11.1. The van der Waals surface area contributed by atoms with Gasteiger partial charge in [0.2, 0.25) is 0 Å². The van der Waals surface area contributed by atoms with Crippen molar-refractivity contribution in [3.05, 3.63) is 51.5 Å². The highest BCUT2D eigenvalue weighted by molar-refractivity contribution is 7.08. The van der Waals surface area contributed by atoms with Gasteiger partial charge in [-0.2, -0.15) is 11.3 Å². The first-order valence-electron chi connectivity index (χ1n) is 6.06. The van der Waals surface area contributed by atoms with Crippen molar-refractivity contribution in [2.24, 2.45) is 0 Å². The molecule has 0 saturated carbocycles. The van der Waals surface area contributed by atoms with Crippen LogP contribution in [0.3, 0.4) is 0 Å². The van der Waals surface area contributed by atoms with Crippen molar-refractivity contribution in [2.45, 2.75) is 13.5 Å². The van der Waals surface area contributed by atoms with Gasteiger partial charge in [-0.05, 0) is 47.0 Å². The van der Waals surface area contributed by atoms with E-state index in [1.54, 1.807) is 0 Å². The molecule has 2 amide bonds. The summed E-state index contributed by atoms with van der Waals surface area (Å²) in [6, 6.07) is 2.62. The molecule has 0 fully saturated rings. The van der Waals surface area contributed by atoms with Crippen molar-refractivity contribution in [2.75, 3.05) is 5.32 Å². The van der Waals surface area contributed by atoms with E-state index in [-0.39, 0.29) is 11.3 Å². The predicted octanol–water partition coefficient (Wildman–Crippen LogP) is 3.22. The van der Waals surface area contributed by atoms with Crippen LogP contribution in [0, 0.1) is 12.7 Å². The van der Waals surface area contributed by atoms with Gasteiger partial charge >= 0.3 is 12.0 Å². The average molecular weight is 308 g/mol. The number of carbonyl (C=O) groups is 2. The van der Waals surface area contributed by atoms with E-state index < -0.39 is 17.8 Å². The largest absolute Gasteiger partial charge is 0.478 e. The van der Waals surface area contributed by atoms with E-state index in [0.29, 0.717) is 6.54 Å². The van der Waals surface area contributed by atoms with Crippen LogP contribution in [0.15, 0.2) is 29.0 Å². The minimum absolute atomic E-state index is 0.0449. The van der Waals surface area contributed by atoms with Gasteiger partial charge < -0.3 is 15.7 Å². The molecule has 0 aliphatic carbocycles. The maximum absolute atomic E-state index is 13.0. The Balaban J connectivity index is 2.03. The quantitative estimate of drug-likeness (QED) is 0.811. The summed E-state index contributed by atoms with van der Waals surface area (Å²) in [4.78, 5) is 22.8. The predicted molar refractivity (Wildman–Crippen MR) is 78.3 cm³/mol. The summed E-state index contributed by atoms with van der Waals surface area (Å²) < 4.78 is 13.0. The monoisotopic (exact) mass is 308 g/mol. The fourth-order valence-electron chi connectivity index (χ4n) is 1.71. The van der Waals surface area contributed by atoms with Crippen LogP contribution in [0.5, 0.6) is 0 Å². The Morgan fingerprint density at radius 3 is 2.71 bits per heavy atom. The lowest BCUT2D eigenvalue weighted by atomic mass is 10.1. The summed E-state index contributed by atoms with van der Waals surface area (Å²) in [6.45, 7) is 2.28. The first-order chi connectivity index (χ1) is 9.97. The molecule has 5 nitrogen and oxygen atoms in total. The Hall–Kier alpha value is -2.41. The topological polar surface area (TPSA) is 78.4 Å². The second-order valence-corrected chi connectivity index (χ2v) is 5.13. The molecule has 0 aliphatic heterocycles. The zero-order chi connectivity index (χ0) is 15.4. The number of halogens is 1. The van der Waals surface area contributed by atoms with Crippen molar-refractivity contribution >= 4 is 29.0 Å². The molecule has 0 bridgehead atoms. The van der Waals surface area contributed by atoms with E-state index in [2.05, 4.69) is 10.6 Å². The summed E-state index contributed by atoms with van der Waals surface area (Å²) in [5.41, 5.74) is 1.82. The molecule has 2 aromatic rings. The number of anilines is 1. The number of thiophene rings is 1. The molecule has 0 spiro atoms. The van der Waals surface area contributed by atoms with Gasteiger partial charge in [0.15, 0.2) is 0 Å². The van der Waals surface area contributed by atoms with E-state index in [1.165, 1.54) is 17.4 Å². The SMILES string of the molecule is Cc1cscc1CNC(=O)Nc1ccc(F)cc1C(=O)O. The van der Waals surface area contributed by atoms with Gasteiger partial charge in [-0.1, -0.05) is 0 Å². The van der Waals surface area contributed by atoms with E-state index in [4.69, 9.17) is 5.11 Å². The number of urea groups is 1. The number of carboxylic acid groups (broad SMARTS) is 1. The third kappa shape index (κ3) is 3.79. The van der Waals surface area contributed by atoms with Crippen LogP contribution in [0.1, 0.15) is 21.5 Å². The summed E-state index contributed by atoms with van der Waals surface area (Å²) in [5, 5.41) is 17.9. The van der Waals surface area contributed by atoms with Crippen LogP contribution >= 0.6 is 11.3 Å². The third-order valence-electron chi connectivity index (χ3n) is 2.86. The summed E-state index contributed by atoms with van der Waals surface area (Å²) in [7, 11) is 0. The highest BCUT2D eigenvalue weighted by Crippen LogP contribution is 2.17. The molecule has 0 unspecified atom stereocenters. The number of carbonyl (C=O) groups excluding carboxylic acids is 1. The second-order valence-electron chi connectivity index (χ2n) is 4.38. The molecule has 21 heavy (non-hydrogen) atoms. The van der Waals surface area contributed by atoms with Crippen molar-refractivity contribution in [3.63, 3.8) is 0 Å². The van der Waals surface area contributed by atoms with Crippen LogP contribution in [0.2, 0.25) is 0 Å².